The Bertz CT molecular complexity index is 789. The normalized spacial score (nSPS) is 13.2. The molecule has 0 aliphatic carbocycles. The summed E-state index contributed by atoms with van der Waals surface area (Å²) in [6.07, 6.45) is 4.45. The molecule has 1 aromatic carbocycles. The topological polar surface area (TPSA) is 75.3 Å². The maximum atomic E-state index is 10.4. The van der Waals surface area contributed by atoms with Crippen LogP contribution in [0, 0.1) is 0 Å². The van der Waals surface area contributed by atoms with Crippen molar-refractivity contribution in [2.24, 2.45) is 0 Å². The molecule has 3 aromatic rings. The van der Waals surface area contributed by atoms with Crippen LogP contribution in [-0.4, -0.2) is 31.2 Å². The number of aromatic nitrogens is 4. The van der Waals surface area contributed by atoms with E-state index in [1.54, 1.807) is 23.1 Å². The van der Waals surface area contributed by atoms with Crippen molar-refractivity contribution in [1.82, 2.24) is 19.6 Å². The Kier molecular flexibility index (Phi) is 4.00. The highest BCUT2D eigenvalue weighted by atomic mass is 16.3. The van der Waals surface area contributed by atoms with E-state index in [9.17, 15) is 5.11 Å². The highest BCUT2D eigenvalue weighted by Crippen LogP contribution is 2.24. The number of hydrogen-bond donors (Lipinski definition) is 2. The third-order valence-electron chi connectivity index (χ3n) is 3.84. The smallest absolute Gasteiger partial charge is 0.203 e. The summed E-state index contributed by atoms with van der Waals surface area (Å²) in [6.45, 7) is 6.87. The standard InChI is InChI=1S/C17H21N5O/c1-17(2,3)13-6-4-12(5-7-13)14(23)10-19-15-16-21-20-11-22(16)9-8-18-15/h4-9,11,14,23H,10H2,1-3H3,(H,18,19)/t14-/m1/s1. The van der Waals surface area contributed by atoms with Crippen molar-refractivity contribution in [3.8, 4) is 0 Å². The van der Waals surface area contributed by atoms with Gasteiger partial charge in [-0.25, -0.2) is 4.98 Å². The number of aliphatic hydroxyl groups excluding tert-OH is 1. The lowest BCUT2D eigenvalue weighted by Crippen LogP contribution is -2.15. The van der Waals surface area contributed by atoms with Gasteiger partial charge in [0, 0.05) is 18.9 Å². The van der Waals surface area contributed by atoms with Crippen LogP contribution in [0.5, 0.6) is 0 Å². The van der Waals surface area contributed by atoms with E-state index in [1.807, 2.05) is 12.1 Å². The number of nitrogens with zero attached hydrogens (tertiary/aromatic N) is 4. The first-order chi connectivity index (χ1) is 10.9. The van der Waals surface area contributed by atoms with E-state index in [0.29, 0.717) is 18.0 Å². The van der Waals surface area contributed by atoms with Gasteiger partial charge in [0.05, 0.1) is 6.10 Å². The van der Waals surface area contributed by atoms with Gasteiger partial charge in [-0.1, -0.05) is 45.0 Å². The van der Waals surface area contributed by atoms with E-state index in [1.165, 1.54) is 5.56 Å². The molecule has 2 aromatic heterocycles. The Morgan fingerprint density at radius 1 is 1.22 bits per heavy atom. The molecule has 1 atom stereocenters. The first kappa shape index (κ1) is 15.4. The Labute approximate surface area is 135 Å². The molecule has 6 heteroatoms. The number of rotatable bonds is 4. The number of anilines is 1. The Hall–Kier alpha value is -2.47. The minimum absolute atomic E-state index is 0.106. The molecular formula is C17H21N5O. The predicted octanol–water partition coefficient (Wildman–Crippen LogP) is 2.57. The molecule has 120 valence electrons. The van der Waals surface area contributed by atoms with Gasteiger partial charge in [-0.05, 0) is 16.5 Å². The van der Waals surface area contributed by atoms with Gasteiger partial charge in [-0.2, -0.15) is 0 Å². The van der Waals surface area contributed by atoms with Crippen LogP contribution in [0.2, 0.25) is 0 Å². The number of nitrogens with one attached hydrogen (secondary N) is 1. The summed E-state index contributed by atoms with van der Waals surface area (Å²) >= 11 is 0. The molecule has 0 aliphatic heterocycles. The summed E-state index contributed by atoms with van der Waals surface area (Å²) in [5, 5.41) is 21.4. The van der Waals surface area contributed by atoms with Gasteiger partial charge in [-0.3, -0.25) is 4.40 Å². The highest BCUT2D eigenvalue weighted by Gasteiger charge is 2.15. The number of benzene rings is 1. The molecule has 0 unspecified atom stereocenters. The fraction of sp³-hybridized carbons (Fsp3) is 0.353. The fourth-order valence-corrected chi connectivity index (χ4v) is 2.40. The lowest BCUT2D eigenvalue weighted by atomic mass is 9.86. The fourth-order valence-electron chi connectivity index (χ4n) is 2.40. The van der Waals surface area contributed by atoms with Crippen molar-refractivity contribution in [3.05, 3.63) is 54.1 Å². The highest BCUT2D eigenvalue weighted by molar-refractivity contribution is 5.61. The van der Waals surface area contributed by atoms with E-state index >= 15 is 0 Å². The molecule has 23 heavy (non-hydrogen) atoms. The van der Waals surface area contributed by atoms with Crippen LogP contribution in [-0.2, 0) is 5.41 Å². The zero-order chi connectivity index (χ0) is 16.4. The van der Waals surface area contributed by atoms with E-state index in [4.69, 9.17) is 0 Å². The molecule has 0 bridgehead atoms. The van der Waals surface area contributed by atoms with E-state index in [0.717, 1.165) is 5.56 Å². The SMILES string of the molecule is CC(C)(C)c1ccc([C@H](O)CNc2nccn3cnnc23)cc1. The lowest BCUT2D eigenvalue weighted by Gasteiger charge is -2.20. The Balaban J connectivity index is 1.70. The van der Waals surface area contributed by atoms with Crippen LogP contribution >= 0.6 is 0 Å². The monoisotopic (exact) mass is 311 g/mol. The van der Waals surface area contributed by atoms with Crippen molar-refractivity contribution in [2.75, 3.05) is 11.9 Å². The average molecular weight is 311 g/mol. The summed E-state index contributed by atoms with van der Waals surface area (Å²) in [6, 6.07) is 8.07. The van der Waals surface area contributed by atoms with Crippen LogP contribution < -0.4 is 5.32 Å². The molecule has 0 saturated heterocycles. The molecule has 0 radical (unpaired) electrons. The Morgan fingerprint density at radius 2 is 1.96 bits per heavy atom. The van der Waals surface area contributed by atoms with Crippen molar-refractivity contribution in [3.63, 3.8) is 0 Å². The zero-order valence-corrected chi connectivity index (χ0v) is 13.6. The van der Waals surface area contributed by atoms with Crippen LogP contribution in [0.1, 0.15) is 38.0 Å². The summed E-state index contributed by atoms with van der Waals surface area (Å²) in [5.74, 6) is 0.607. The first-order valence-electron chi connectivity index (χ1n) is 7.62. The molecule has 6 nitrogen and oxygen atoms in total. The lowest BCUT2D eigenvalue weighted by molar-refractivity contribution is 0.191. The van der Waals surface area contributed by atoms with E-state index in [2.05, 4.69) is 53.4 Å². The summed E-state index contributed by atoms with van der Waals surface area (Å²) in [5.41, 5.74) is 2.87. The summed E-state index contributed by atoms with van der Waals surface area (Å²) in [4.78, 5) is 4.25. The van der Waals surface area contributed by atoms with Gasteiger partial charge >= 0.3 is 0 Å². The molecule has 0 spiro atoms. The number of hydrogen-bond acceptors (Lipinski definition) is 5. The molecule has 0 fully saturated rings. The minimum Gasteiger partial charge on any atom is -0.387 e. The average Bonchev–Trinajstić information content (AvgIpc) is 3.01. The summed E-state index contributed by atoms with van der Waals surface area (Å²) < 4.78 is 1.78. The first-order valence-corrected chi connectivity index (χ1v) is 7.62. The predicted molar refractivity (Wildman–Crippen MR) is 89.4 cm³/mol. The molecule has 2 heterocycles. The quantitative estimate of drug-likeness (QED) is 0.774. The second-order valence-electron chi connectivity index (χ2n) is 6.61. The molecule has 0 aliphatic rings. The van der Waals surface area contributed by atoms with Crippen molar-refractivity contribution in [2.45, 2.75) is 32.3 Å². The summed E-state index contributed by atoms with van der Waals surface area (Å²) in [7, 11) is 0. The van der Waals surface area contributed by atoms with Crippen molar-refractivity contribution < 1.29 is 5.11 Å². The van der Waals surface area contributed by atoms with Crippen LogP contribution in [0.25, 0.3) is 5.65 Å². The van der Waals surface area contributed by atoms with Gasteiger partial charge in [0.2, 0.25) is 5.65 Å². The van der Waals surface area contributed by atoms with Gasteiger partial charge in [-0.15, -0.1) is 10.2 Å². The maximum absolute atomic E-state index is 10.4. The zero-order valence-electron chi connectivity index (χ0n) is 13.6. The largest absolute Gasteiger partial charge is 0.387 e. The maximum Gasteiger partial charge on any atom is 0.203 e. The van der Waals surface area contributed by atoms with Gasteiger partial charge in [0.25, 0.3) is 0 Å². The third kappa shape index (κ3) is 3.32. The molecule has 0 amide bonds. The second kappa shape index (κ2) is 5.96. The van der Waals surface area contributed by atoms with Crippen molar-refractivity contribution in [1.29, 1.82) is 0 Å². The minimum atomic E-state index is -0.617. The van der Waals surface area contributed by atoms with Gasteiger partial charge in [0.15, 0.2) is 5.82 Å². The number of fused-ring (bicyclic) bond motifs is 1. The van der Waals surface area contributed by atoms with E-state index < -0.39 is 6.10 Å². The van der Waals surface area contributed by atoms with Gasteiger partial charge < -0.3 is 10.4 Å². The molecule has 3 rings (SSSR count). The molecule has 0 saturated carbocycles. The molecular weight excluding hydrogens is 290 g/mol. The molecule has 2 N–H and O–H groups in total. The van der Waals surface area contributed by atoms with Crippen LogP contribution in [0.4, 0.5) is 5.82 Å². The van der Waals surface area contributed by atoms with Crippen molar-refractivity contribution >= 4 is 11.5 Å². The number of aliphatic hydroxyl groups is 1. The van der Waals surface area contributed by atoms with Crippen LogP contribution in [0.15, 0.2) is 43.0 Å². The third-order valence-corrected chi connectivity index (χ3v) is 3.84. The Morgan fingerprint density at radius 3 is 2.65 bits per heavy atom. The van der Waals surface area contributed by atoms with Gasteiger partial charge in [0.1, 0.15) is 6.33 Å². The van der Waals surface area contributed by atoms with Crippen LogP contribution in [0.3, 0.4) is 0 Å². The van der Waals surface area contributed by atoms with E-state index in [-0.39, 0.29) is 5.41 Å². The second-order valence-corrected chi connectivity index (χ2v) is 6.61.